The van der Waals surface area contributed by atoms with Crippen molar-refractivity contribution < 1.29 is 8.42 Å². The predicted molar refractivity (Wildman–Crippen MR) is 84.3 cm³/mol. The van der Waals surface area contributed by atoms with Crippen molar-refractivity contribution in [1.29, 1.82) is 0 Å². The van der Waals surface area contributed by atoms with Gasteiger partial charge in [0.15, 0.2) is 0 Å². The van der Waals surface area contributed by atoms with E-state index in [-0.39, 0.29) is 5.75 Å². The van der Waals surface area contributed by atoms with Gasteiger partial charge in [0, 0.05) is 24.2 Å². The lowest BCUT2D eigenvalue weighted by Crippen LogP contribution is -2.27. The standard InChI is InChI=1S/C13H15ClN2O2S2/c1-16(8-12-5-6-13(14)19-12)20(17,18)9-10-3-2-4-11(15)7-10/h2-7H,8-9,15H2,1H3. The molecular weight excluding hydrogens is 316 g/mol. The first kappa shape index (κ1) is 15.3. The lowest BCUT2D eigenvalue weighted by atomic mass is 10.2. The van der Waals surface area contributed by atoms with Crippen molar-refractivity contribution in [2.45, 2.75) is 12.3 Å². The molecule has 0 radical (unpaired) electrons. The Hall–Kier alpha value is -1.08. The number of nitrogen functional groups attached to an aromatic ring is 1. The van der Waals surface area contributed by atoms with Crippen molar-refractivity contribution in [2.75, 3.05) is 12.8 Å². The summed E-state index contributed by atoms with van der Waals surface area (Å²) in [4.78, 5) is 0.911. The predicted octanol–water partition coefficient (Wildman–Crippen LogP) is 2.95. The van der Waals surface area contributed by atoms with E-state index in [9.17, 15) is 8.42 Å². The van der Waals surface area contributed by atoms with Crippen LogP contribution in [0.25, 0.3) is 0 Å². The molecule has 0 fully saturated rings. The van der Waals surface area contributed by atoms with Crippen LogP contribution in [0, 0.1) is 0 Å². The highest BCUT2D eigenvalue weighted by Gasteiger charge is 2.19. The maximum absolute atomic E-state index is 12.3. The molecule has 0 bridgehead atoms. The van der Waals surface area contributed by atoms with E-state index in [0.717, 1.165) is 4.88 Å². The highest BCUT2D eigenvalue weighted by atomic mass is 35.5. The molecule has 1 aromatic carbocycles. The van der Waals surface area contributed by atoms with E-state index >= 15 is 0 Å². The van der Waals surface area contributed by atoms with Crippen LogP contribution in [0.15, 0.2) is 36.4 Å². The lowest BCUT2D eigenvalue weighted by molar-refractivity contribution is 0.469. The van der Waals surface area contributed by atoms with E-state index < -0.39 is 10.0 Å². The van der Waals surface area contributed by atoms with E-state index in [2.05, 4.69) is 0 Å². The summed E-state index contributed by atoms with van der Waals surface area (Å²) < 4.78 is 26.5. The van der Waals surface area contributed by atoms with Gasteiger partial charge in [0.25, 0.3) is 0 Å². The van der Waals surface area contributed by atoms with Gasteiger partial charge in [-0.25, -0.2) is 8.42 Å². The maximum Gasteiger partial charge on any atom is 0.218 e. The molecule has 1 aromatic heterocycles. The van der Waals surface area contributed by atoms with Crippen molar-refractivity contribution in [1.82, 2.24) is 4.31 Å². The molecule has 20 heavy (non-hydrogen) atoms. The summed E-state index contributed by atoms with van der Waals surface area (Å²) in [6.45, 7) is 0.321. The molecule has 0 saturated heterocycles. The van der Waals surface area contributed by atoms with Gasteiger partial charge >= 0.3 is 0 Å². The monoisotopic (exact) mass is 330 g/mol. The average Bonchev–Trinajstić information content (AvgIpc) is 2.74. The maximum atomic E-state index is 12.3. The molecule has 0 amide bonds. The first-order valence-corrected chi connectivity index (χ1v) is 8.70. The van der Waals surface area contributed by atoms with Crippen LogP contribution >= 0.6 is 22.9 Å². The second kappa shape index (κ2) is 6.13. The van der Waals surface area contributed by atoms with Gasteiger partial charge in [-0.2, -0.15) is 4.31 Å². The molecule has 0 atom stereocenters. The minimum Gasteiger partial charge on any atom is -0.399 e. The Morgan fingerprint density at radius 2 is 2.05 bits per heavy atom. The number of nitrogens with two attached hydrogens (primary N) is 1. The minimum absolute atomic E-state index is 0.0619. The Morgan fingerprint density at radius 1 is 1.30 bits per heavy atom. The van der Waals surface area contributed by atoms with Crippen LogP contribution in [0.4, 0.5) is 5.69 Å². The Kier molecular flexibility index (Phi) is 4.70. The Bertz CT molecular complexity index is 698. The Labute approximate surface area is 127 Å². The van der Waals surface area contributed by atoms with Crippen LogP contribution in [0.2, 0.25) is 4.34 Å². The Morgan fingerprint density at radius 3 is 2.65 bits per heavy atom. The topological polar surface area (TPSA) is 63.4 Å². The van der Waals surface area contributed by atoms with Gasteiger partial charge in [-0.15, -0.1) is 11.3 Å². The van der Waals surface area contributed by atoms with Gasteiger partial charge < -0.3 is 5.73 Å². The lowest BCUT2D eigenvalue weighted by Gasteiger charge is -2.16. The number of anilines is 1. The van der Waals surface area contributed by atoms with Crippen LogP contribution in [0.5, 0.6) is 0 Å². The number of thiophene rings is 1. The normalized spacial score (nSPS) is 11.9. The van der Waals surface area contributed by atoms with Crippen molar-refractivity contribution in [2.24, 2.45) is 0 Å². The highest BCUT2D eigenvalue weighted by Crippen LogP contribution is 2.23. The summed E-state index contributed by atoms with van der Waals surface area (Å²) in [5, 5.41) is 0. The first-order chi connectivity index (χ1) is 9.37. The molecule has 108 valence electrons. The summed E-state index contributed by atoms with van der Waals surface area (Å²) in [5.41, 5.74) is 6.90. The van der Waals surface area contributed by atoms with Crippen molar-refractivity contribution >= 4 is 38.6 Å². The SMILES string of the molecule is CN(Cc1ccc(Cl)s1)S(=O)(=O)Cc1cccc(N)c1. The molecule has 0 aliphatic rings. The molecule has 0 spiro atoms. The zero-order valence-electron chi connectivity index (χ0n) is 10.9. The third-order valence-electron chi connectivity index (χ3n) is 2.78. The summed E-state index contributed by atoms with van der Waals surface area (Å²) in [6.07, 6.45) is 0. The van der Waals surface area contributed by atoms with E-state index in [0.29, 0.717) is 22.1 Å². The van der Waals surface area contributed by atoms with Gasteiger partial charge in [-0.1, -0.05) is 23.7 Å². The minimum atomic E-state index is -3.38. The number of rotatable bonds is 5. The van der Waals surface area contributed by atoms with Gasteiger partial charge in [0.05, 0.1) is 10.1 Å². The third kappa shape index (κ3) is 3.96. The van der Waals surface area contributed by atoms with Crippen molar-refractivity contribution in [3.05, 3.63) is 51.2 Å². The second-order valence-corrected chi connectivity index (χ2v) is 8.34. The zero-order valence-corrected chi connectivity index (χ0v) is 13.3. The van der Waals surface area contributed by atoms with E-state index in [1.807, 2.05) is 6.07 Å². The zero-order chi connectivity index (χ0) is 14.8. The molecule has 0 aliphatic heterocycles. The summed E-state index contributed by atoms with van der Waals surface area (Å²) in [6, 6.07) is 10.5. The number of nitrogens with zero attached hydrogens (tertiary/aromatic N) is 1. The molecule has 0 saturated carbocycles. The van der Waals surface area contributed by atoms with Crippen LogP contribution in [0.1, 0.15) is 10.4 Å². The fraction of sp³-hybridized carbons (Fsp3) is 0.231. The van der Waals surface area contributed by atoms with E-state index in [1.54, 1.807) is 37.4 Å². The van der Waals surface area contributed by atoms with Crippen molar-refractivity contribution in [3.8, 4) is 0 Å². The fourth-order valence-electron chi connectivity index (χ4n) is 1.76. The Balaban J connectivity index is 2.09. The molecule has 7 heteroatoms. The molecule has 2 aromatic rings. The first-order valence-electron chi connectivity index (χ1n) is 5.89. The van der Waals surface area contributed by atoms with Gasteiger partial charge in [-0.05, 0) is 29.8 Å². The highest BCUT2D eigenvalue weighted by molar-refractivity contribution is 7.88. The summed E-state index contributed by atoms with van der Waals surface area (Å²) >= 11 is 7.22. The van der Waals surface area contributed by atoms with Crippen LogP contribution in [-0.2, 0) is 22.3 Å². The molecule has 4 nitrogen and oxygen atoms in total. The van der Waals surface area contributed by atoms with Gasteiger partial charge in [-0.3, -0.25) is 0 Å². The molecule has 2 rings (SSSR count). The smallest absolute Gasteiger partial charge is 0.218 e. The second-order valence-electron chi connectivity index (χ2n) is 4.46. The quantitative estimate of drug-likeness (QED) is 0.857. The third-order valence-corrected chi connectivity index (χ3v) is 5.78. The molecule has 1 heterocycles. The number of halogens is 1. The van der Waals surface area contributed by atoms with Gasteiger partial charge in [0.1, 0.15) is 0 Å². The largest absolute Gasteiger partial charge is 0.399 e. The summed E-state index contributed by atoms with van der Waals surface area (Å²) in [5.74, 6) is -0.0619. The molecular formula is C13H15ClN2O2S2. The van der Waals surface area contributed by atoms with E-state index in [1.165, 1.54) is 15.6 Å². The number of sulfonamides is 1. The average molecular weight is 331 g/mol. The fourth-order valence-corrected chi connectivity index (χ4v) is 4.14. The van der Waals surface area contributed by atoms with Gasteiger partial charge in [0.2, 0.25) is 10.0 Å². The van der Waals surface area contributed by atoms with Crippen LogP contribution < -0.4 is 5.73 Å². The number of benzene rings is 1. The van der Waals surface area contributed by atoms with E-state index in [4.69, 9.17) is 17.3 Å². The van der Waals surface area contributed by atoms with Crippen molar-refractivity contribution in [3.63, 3.8) is 0 Å². The molecule has 0 unspecified atom stereocenters. The van der Waals surface area contributed by atoms with Crippen LogP contribution in [-0.4, -0.2) is 19.8 Å². The number of hydrogen-bond donors (Lipinski definition) is 1. The van der Waals surface area contributed by atoms with Crippen LogP contribution in [0.3, 0.4) is 0 Å². The summed E-state index contributed by atoms with van der Waals surface area (Å²) in [7, 11) is -1.81. The molecule has 0 aliphatic carbocycles. The number of hydrogen-bond acceptors (Lipinski definition) is 4. The molecule has 2 N–H and O–H groups in total.